The molecule has 0 radical (unpaired) electrons. The molecule has 1 aliphatic carbocycles. The number of terminal acetylenes is 1. The number of alkyl halides is 3. The van der Waals surface area contributed by atoms with Crippen LogP contribution in [0.5, 0.6) is 0 Å². The van der Waals surface area contributed by atoms with Gasteiger partial charge in [0.2, 0.25) is 0 Å². The third-order valence-corrected chi connectivity index (χ3v) is 7.50. The molecule has 3 aromatic rings. The Bertz CT molecular complexity index is 1330. The van der Waals surface area contributed by atoms with Gasteiger partial charge in [-0.3, -0.25) is 9.48 Å². The Morgan fingerprint density at radius 2 is 1.86 bits per heavy atom. The standard InChI is InChI=1S/C21H22F3N5O2S.C2H2.CHN/c22-21(23,24)12-28-11-13-10-14(6-7-17(13)32(28)31)26-19-18-16(8-9-25-20(18)30)29(27-19)15-4-2-1-3-5-15;2*1-2/h6-10,15H,1-5,11-12H2,(H,25,30)(H,26,27);1-2H;1H. The molecule has 0 amide bonds. The highest BCUT2D eigenvalue weighted by Crippen LogP contribution is 2.35. The zero-order chi connectivity index (χ0) is 26.5. The molecule has 36 heavy (non-hydrogen) atoms. The van der Waals surface area contributed by atoms with Crippen LogP contribution in [0.25, 0.3) is 10.9 Å². The summed E-state index contributed by atoms with van der Waals surface area (Å²) >= 11 is 0. The van der Waals surface area contributed by atoms with Gasteiger partial charge in [0.15, 0.2) is 5.82 Å². The van der Waals surface area contributed by atoms with E-state index in [-0.39, 0.29) is 18.1 Å². The largest absolute Gasteiger partial charge is 0.402 e. The first-order valence-electron chi connectivity index (χ1n) is 11.1. The number of anilines is 2. The molecule has 8 nitrogen and oxygen atoms in total. The lowest BCUT2D eigenvalue weighted by Gasteiger charge is -2.22. The zero-order valence-electron chi connectivity index (χ0n) is 19.3. The minimum absolute atomic E-state index is 0.0607. The molecule has 1 aliphatic heterocycles. The van der Waals surface area contributed by atoms with Crippen molar-refractivity contribution in [2.24, 2.45) is 0 Å². The summed E-state index contributed by atoms with van der Waals surface area (Å²) in [6, 6.07) is 6.95. The number of H-pyrrole nitrogens is 1. The lowest BCUT2D eigenvalue weighted by atomic mass is 9.95. The topological polar surface area (TPSA) is 107 Å². The summed E-state index contributed by atoms with van der Waals surface area (Å²) in [6.45, 7) is 2.21. The van der Waals surface area contributed by atoms with Crippen LogP contribution in [0.1, 0.15) is 43.7 Å². The van der Waals surface area contributed by atoms with Gasteiger partial charge in [-0.2, -0.15) is 18.3 Å². The second-order valence-corrected chi connectivity index (χ2v) is 9.72. The Morgan fingerprint density at radius 3 is 2.53 bits per heavy atom. The van der Waals surface area contributed by atoms with E-state index in [2.05, 4.69) is 29.7 Å². The quantitative estimate of drug-likeness (QED) is 0.484. The molecule has 1 atom stereocenters. The van der Waals surface area contributed by atoms with E-state index in [0.717, 1.165) is 35.5 Å². The van der Waals surface area contributed by atoms with E-state index < -0.39 is 23.7 Å². The maximum absolute atomic E-state index is 12.8. The van der Waals surface area contributed by atoms with Gasteiger partial charge in [0.1, 0.15) is 22.9 Å². The van der Waals surface area contributed by atoms with Crippen LogP contribution < -0.4 is 10.9 Å². The van der Waals surface area contributed by atoms with Crippen LogP contribution in [0.2, 0.25) is 0 Å². The van der Waals surface area contributed by atoms with E-state index >= 15 is 0 Å². The summed E-state index contributed by atoms with van der Waals surface area (Å²) in [7, 11) is -1.85. The maximum Gasteiger partial charge on any atom is 0.402 e. The fourth-order valence-corrected chi connectivity index (χ4v) is 5.91. The number of nitrogens with zero attached hydrogens (tertiary/aromatic N) is 4. The van der Waals surface area contributed by atoms with Crippen molar-refractivity contribution in [2.75, 3.05) is 11.9 Å². The first kappa shape index (κ1) is 27.0. The van der Waals surface area contributed by atoms with Crippen molar-refractivity contribution < 1.29 is 17.4 Å². The molecule has 0 spiro atoms. The van der Waals surface area contributed by atoms with Crippen LogP contribution in [0.15, 0.2) is 40.2 Å². The van der Waals surface area contributed by atoms with E-state index in [9.17, 15) is 22.2 Å². The van der Waals surface area contributed by atoms with Gasteiger partial charge < -0.3 is 10.3 Å². The number of nitrogens with one attached hydrogen (secondary N) is 2. The normalized spacial score (nSPS) is 17.9. The molecular weight excluding hydrogens is 493 g/mol. The van der Waals surface area contributed by atoms with Crippen LogP contribution >= 0.6 is 0 Å². The smallest absolute Gasteiger partial charge is 0.338 e. The van der Waals surface area contributed by atoms with Gasteiger partial charge in [0, 0.05) is 25.0 Å². The highest BCUT2D eigenvalue weighted by Gasteiger charge is 2.37. The van der Waals surface area contributed by atoms with Gasteiger partial charge in [0.05, 0.1) is 16.5 Å². The van der Waals surface area contributed by atoms with Crippen molar-refractivity contribution in [3.05, 3.63) is 46.4 Å². The van der Waals surface area contributed by atoms with Crippen molar-refractivity contribution in [2.45, 2.75) is 55.8 Å². The lowest BCUT2D eigenvalue weighted by Crippen LogP contribution is -2.31. The number of nitriles is 1. The Kier molecular flexibility index (Phi) is 8.56. The van der Waals surface area contributed by atoms with Crippen molar-refractivity contribution in [1.82, 2.24) is 19.1 Å². The first-order valence-corrected chi connectivity index (χ1v) is 12.2. The highest BCUT2D eigenvalue weighted by atomic mass is 32.2. The summed E-state index contributed by atoms with van der Waals surface area (Å²) in [5, 5.41) is 14.8. The summed E-state index contributed by atoms with van der Waals surface area (Å²) in [5.74, 6) is 0.402. The molecule has 0 saturated heterocycles. The molecule has 12 heteroatoms. The molecule has 0 bridgehead atoms. The molecule has 2 N–H and O–H groups in total. The number of halogens is 3. The number of aromatic nitrogens is 3. The molecule has 1 aromatic carbocycles. The maximum atomic E-state index is 12.8. The summed E-state index contributed by atoms with van der Waals surface area (Å²) in [4.78, 5) is 15.6. The number of benzene rings is 1. The van der Waals surface area contributed by atoms with Gasteiger partial charge >= 0.3 is 6.18 Å². The molecule has 190 valence electrons. The number of aromatic amines is 1. The zero-order valence-corrected chi connectivity index (χ0v) is 20.1. The number of pyridine rings is 1. The summed E-state index contributed by atoms with van der Waals surface area (Å²) in [6.07, 6.45) is 10.6. The van der Waals surface area contributed by atoms with Gasteiger partial charge in [0.25, 0.3) is 5.56 Å². The Hall–Kier alpha value is -3.61. The average Bonchev–Trinajstić information content (AvgIpc) is 3.39. The van der Waals surface area contributed by atoms with Gasteiger partial charge in [-0.25, -0.2) is 13.8 Å². The van der Waals surface area contributed by atoms with Crippen molar-refractivity contribution in [1.29, 1.82) is 5.26 Å². The van der Waals surface area contributed by atoms with Gasteiger partial charge in [-0.05, 0) is 42.7 Å². The second kappa shape index (κ2) is 11.4. The van der Waals surface area contributed by atoms with Crippen LogP contribution in [-0.4, -0.2) is 36.0 Å². The van der Waals surface area contributed by atoms with Crippen molar-refractivity contribution in [3.63, 3.8) is 0 Å². The Morgan fingerprint density at radius 1 is 1.17 bits per heavy atom. The van der Waals surface area contributed by atoms with E-state index in [4.69, 9.17) is 10.4 Å². The van der Waals surface area contributed by atoms with E-state index in [1.807, 2.05) is 10.7 Å². The van der Waals surface area contributed by atoms with Gasteiger partial charge in [-0.15, -0.1) is 12.8 Å². The lowest BCUT2D eigenvalue weighted by molar-refractivity contribution is -0.136. The summed E-state index contributed by atoms with van der Waals surface area (Å²) in [5.41, 5.74) is 1.63. The number of rotatable bonds is 4. The van der Waals surface area contributed by atoms with E-state index in [1.54, 1.807) is 24.4 Å². The van der Waals surface area contributed by atoms with Crippen molar-refractivity contribution >= 4 is 33.4 Å². The molecule has 2 aromatic heterocycles. The van der Waals surface area contributed by atoms with Crippen LogP contribution in [0, 0.1) is 24.7 Å². The highest BCUT2D eigenvalue weighted by molar-refractivity contribution is 7.83. The van der Waals surface area contributed by atoms with Crippen LogP contribution in [0.3, 0.4) is 0 Å². The number of hydrogen-bond acceptors (Lipinski definition) is 5. The van der Waals surface area contributed by atoms with Crippen molar-refractivity contribution in [3.8, 4) is 19.4 Å². The van der Waals surface area contributed by atoms with E-state index in [1.165, 1.54) is 6.42 Å². The fraction of sp³-hybridized carbons (Fsp3) is 0.375. The monoisotopic (exact) mass is 518 g/mol. The molecule has 1 fully saturated rings. The summed E-state index contributed by atoms with van der Waals surface area (Å²) < 4.78 is 53.6. The SMILES string of the molecule is C#C.C#N.O=c1[nH]ccc2c1c(Nc1ccc3c(c1)CN(CC(F)(F)F)S3=O)nn2C1CCCCC1. The Labute approximate surface area is 208 Å². The predicted octanol–water partition coefficient (Wildman–Crippen LogP) is 4.76. The molecule has 3 heterocycles. The number of hydrogen-bond donors (Lipinski definition) is 2. The second-order valence-electron chi connectivity index (χ2n) is 8.26. The minimum atomic E-state index is -4.43. The van der Waals surface area contributed by atoms with E-state index in [0.29, 0.717) is 27.4 Å². The Balaban J connectivity index is 0.000000861. The van der Waals surface area contributed by atoms with Gasteiger partial charge in [-0.1, -0.05) is 19.3 Å². The van der Waals surface area contributed by atoms with Crippen LogP contribution in [0.4, 0.5) is 24.7 Å². The molecule has 1 saturated carbocycles. The number of fused-ring (bicyclic) bond motifs is 2. The molecule has 5 rings (SSSR count). The fourth-order valence-electron chi connectivity index (χ4n) is 4.58. The predicted molar refractivity (Wildman–Crippen MR) is 132 cm³/mol. The average molecular weight is 519 g/mol. The first-order chi connectivity index (χ1) is 17.3. The molecule has 1 unspecified atom stereocenters. The van der Waals surface area contributed by atoms with Crippen LogP contribution in [-0.2, 0) is 17.5 Å². The molecular formula is C24H25F3N6O2S. The molecule has 2 aliphatic rings. The third-order valence-electron chi connectivity index (χ3n) is 6.00. The third kappa shape index (κ3) is 5.61. The minimum Gasteiger partial charge on any atom is -0.338 e.